The summed E-state index contributed by atoms with van der Waals surface area (Å²) in [7, 11) is 0. The van der Waals surface area contributed by atoms with Gasteiger partial charge in [0, 0.05) is 6.20 Å². The molecular formula is C18H16BClIN4O2-. The minimum absolute atomic E-state index is 0.230. The van der Waals surface area contributed by atoms with Gasteiger partial charge in [0.25, 0.3) is 0 Å². The molecular weight excluding hydrogens is 477 g/mol. The Labute approximate surface area is 173 Å². The summed E-state index contributed by atoms with van der Waals surface area (Å²) in [6.07, 6.45) is 3.27. The van der Waals surface area contributed by atoms with Gasteiger partial charge >= 0.3 is 153 Å². The number of fused-ring (bicyclic) bond motifs is 1. The first kappa shape index (κ1) is 18.6. The zero-order valence-corrected chi connectivity index (χ0v) is 17.2. The minimum atomic E-state index is -0.970. The number of nitrogens with zero attached hydrogens (tertiary/aromatic N) is 3. The van der Waals surface area contributed by atoms with Gasteiger partial charge in [-0.25, -0.2) is 4.79 Å². The Morgan fingerprint density at radius 1 is 1.26 bits per heavy atom. The van der Waals surface area contributed by atoms with Crippen LogP contribution in [0.2, 0.25) is 5.02 Å². The van der Waals surface area contributed by atoms with Gasteiger partial charge in [-0.1, -0.05) is 0 Å². The van der Waals surface area contributed by atoms with E-state index in [4.69, 9.17) is 17.3 Å². The number of carboxylic acid groups (broad SMARTS) is 1. The van der Waals surface area contributed by atoms with Crippen LogP contribution in [0.1, 0.15) is 10.4 Å². The predicted molar refractivity (Wildman–Crippen MR) is 103 cm³/mol. The van der Waals surface area contributed by atoms with E-state index in [-0.39, 0.29) is 26.8 Å². The number of anilines is 1. The molecule has 4 rings (SSSR count). The molecule has 2 radical (unpaired) electrons. The Balaban J connectivity index is 1.63. The average Bonchev–Trinajstić information content (AvgIpc) is 3.10. The Morgan fingerprint density at radius 3 is 2.67 bits per heavy atom. The quantitative estimate of drug-likeness (QED) is 0.299. The van der Waals surface area contributed by atoms with E-state index in [1.807, 2.05) is 12.1 Å². The summed E-state index contributed by atoms with van der Waals surface area (Å²) in [4.78, 5) is 21.2. The number of nitrogens with one attached hydrogen (secondary N) is 1. The molecule has 3 aromatic rings. The monoisotopic (exact) mass is 493 g/mol. The SMILES string of the molecule is [B][I-]N1CCN(c2ccc(-c3cc4c(C(=O)O)c[nH]c4cc3Cl)cn2)CC1. The summed E-state index contributed by atoms with van der Waals surface area (Å²) in [6.45, 7) is 3.78. The van der Waals surface area contributed by atoms with Crippen molar-refractivity contribution in [3.63, 3.8) is 0 Å². The molecule has 0 spiro atoms. The summed E-state index contributed by atoms with van der Waals surface area (Å²) < 4.78 is 2.32. The molecule has 1 aromatic carbocycles. The Bertz CT molecular complexity index is 987. The van der Waals surface area contributed by atoms with Crippen molar-refractivity contribution in [3.8, 4) is 11.1 Å². The molecule has 27 heavy (non-hydrogen) atoms. The van der Waals surface area contributed by atoms with E-state index in [0.29, 0.717) is 15.9 Å². The first-order chi connectivity index (χ1) is 13.1. The molecule has 1 saturated heterocycles. The van der Waals surface area contributed by atoms with E-state index in [9.17, 15) is 9.90 Å². The van der Waals surface area contributed by atoms with Crippen molar-refractivity contribution in [1.82, 2.24) is 13.1 Å². The molecule has 0 aliphatic carbocycles. The van der Waals surface area contributed by atoms with Crippen LogP contribution in [0.25, 0.3) is 22.0 Å². The Morgan fingerprint density at radius 2 is 2.04 bits per heavy atom. The predicted octanol–water partition coefficient (Wildman–Crippen LogP) is -0.209. The second kappa shape index (κ2) is 7.69. The standard InChI is InChI=1S/C18H16BClIN4O2/c19-21-25-5-3-24(4-6-25)17-2-1-11(9-23-17)12-7-13-14(18(26)27)10-22-16(13)8-15(12)20/h1-2,7-10,22H,3-6H2,(H,26,27)/q-1. The molecule has 0 bridgehead atoms. The number of hydrogen-bond acceptors (Lipinski definition) is 4. The van der Waals surface area contributed by atoms with Gasteiger partial charge in [-0.15, -0.1) is 0 Å². The van der Waals surface area contributed by atoms with E-state index < -0.39 is 5.97 Å². The number of aromatic nitrogens is 2. The van der Waals surface area contributed by atoms with Crippen LogP contribution in [0.3, 0.4) is 0 Å². The van der Waals surface area contributed by atoms with E-state index in [2.05, 4.69) is 18.0 Å². The summed E-state index contributed by atoms with van der Waals surface area (Å²) in [5.41, 5.74) is 8.35. The zero-order chi connectivity index (χ0) is 19.0. The molecule has 1 aliphatic heterocycles. The van der Waals surface area contributed by atoms with Gasteiger partial charge in [0.15, 0.2) is 0 Å². The molecule has 2 N–H and O–H groups in total. The number of benzene rings is 1. The molecule has 0 amide bonds. The maximum absolute atomic E-state index is 11.4. The number of hydrogen-bond donors (Lipinski definition) is 2. The van der Waals surface area contributed by atoms with Crippen LogP contribution in [-0.4, -0.2) is 56.0 Å². The van der Waals surface area contributed by atoms with Crippen LogP contribution in [0.4, 0.5) is 5.82 Å². The third-order valence-electron chi connectivity index (χ3n) is 4.75. The van der Waals surface area contributed by atoms with E-state index in [1.165, 1.54) is 6.20 Å². The van der Waals surface area contributed by atoms with Gasteiger partial charge in [-0.2, -0.15) is 0 Å². The van der Waals surface area contributed by atoms with Crippen LogP contribution in [-0.2, 0) is 0 Å². The number of aromatic amines is 1. The molecule has 138 valence electrons. The number of carbonyl (C=O) groups is 1. The van der Waals surface area contributed by atoms with Crippen LogP contribution in [0, 0.1) is 0 Å². The van der Waals surface area contributed by atoms with Gasteiger partial charge < -0.3 is 10.1 Å². The third-order valence-corrected chi connectivity index (χ3v) is 6.81. The molecule has 2 aromatic heterocycles. The molecule has 6 nitrogen and oxygen atoms in total. The number of carboxylic acids is 1. The molecule has 3 heterocycles. The fourth-order valence-electron chi connectivity index (χ4n) is 3.28. The first-order valence-electron chi connectivity index (χ1n) is 8.41. The fourth-order valence-corrected chi connectivity index (χ4v) is 4.54. The third kappa shape index (κ3) is 3.65. The number of rotatable bonds is 4. The fraction of sp³-hybridized carbons (Fsp3) is 0.222. The molecule has 0 atom stereocenters. The summed E-state index contributed by atoms with van der Waals surface area (Å²) in [6, 6.07) is 7.52. The van der Waals surface area contributed by atoms with Crippen molar-refractivity contribution in [2.24, 2.45) is 0 Å². The zero-order valence-electron chi connectivity index (χ0n) is 14.3. The number of halogens is 2. The number of pyridine rings is 1. The van der Waals surface area contributed by atoms with Gasteiger partial charge in [-0.05, 0) is 0 Å². The van der Waals surface area contributed by atoms with Crippen molar-refractivity contribution in [3.05, 3.63) is 47.2 Å². The van der Waals surface area contributed by atoms with Crippen molar-refractivity contribution < 1.29 is 31.2 Å². The number of piperazine rings is 1. The normalized spacial score (nSPS) is 15.5. The molecule has 0 saturated carbocycles. The van der Waals surface area contributed by atoms with Crippen molar-refractivity contribution >= 4 is 40.0 Å². The molecule has 9 heteroatoms. The average molecular weight is 494 g/mol. The van der Waals surface area contributed by atoms with Gasteiger partial charge in [0.2, 0.25) is 0 Å². The van der Waals surface area contributed by atoms with Crippen LogP contribution in [0.5, 0.6) is 0 Å². The van der Waals surface area contributed by atoms with E-state index >= 15 is 0 Å². The van der Waals surface area contributed by atoms with Crippen LogP contribution in [0.15, 0.2) is 36.7 Å². The number of H-pyrrole nitrogens is 1. The Hall–Kier alpha value is -1.78. The molecule has 1 aliphatic rings. The summed E-state index contributed by atoms with van der Waals surface area (Å²) >= 11 is 6.09. The van der Waals surface area contributed by atoms with Crippen molar-refractivity contribution in [2.45, 2.75) is 0 Å². The second-order valence-electron chi connectivity index (χ2n) is 6.28. The molecule has 0 unspecified atom stereocenters. The Kier molecular flexibility index (Phi) is 5.29. The number of aromatic carboxylic acids is 1. The topological polar surface area (TPSA) is 72.5 Å². The maximum atomic E-state index is 11.4. The van der Waals surface area contributed by atoms with Crippen LogP contribution >= 0.6 is 11.6 Å². The van der Waals surface area contributed by atoms with Gasteiger partial charge in [-0.3, -0.25) is 0 Å². The van der Waals surface area contributed by atoms with Crippen molar-refractivity contribution in [2.75, 3.05) is 31.1 Å². The summed E-state index contributed by atoms with van der Waals surface area (Å²) in [5, 5.41) is 10.5. The van der Waals surface area contributed by atoms with Gasteiger partial charge in [0.1, 0.15) is 0 Å². The van der Waals surface area contributed by atoms with Gasteiger partial charge in [0.05, 0.1) is 0 Å². The first-order valence-corrected chi connectivity index (χ1v) is 11.0. The summed E-state index contributed by atoms with van der Waals surface area (Å²) in [5.74, 6) is -0.0410. The van der Waals surface area contributed by atoms with Crippen molar-refractivity contribution in [1.29, 1.82) is 0 Å². The second-order valence-corrected chi connectivity index (χ2v) is 8.61. The van der Waals surface area contributed by atoms with E-state index in [0.717, 1.165) is 43.1 Å². The van der Waals surface area contributed by atoms with Crippen LogP contribution < -0.4 is 26.2 Å². The van der Waals surface area contributed by atoms with E-state index in [1.54, 1.807) is 18.3 Å². The molecule has 1 fully saturated rings.